The largest absolute Gasteiger partial charge is 0.448 e. The molecule has 0 saturated carbocycles. The number of halogens is 1. The molecule has 0 aliphatic carbocycles. The molecular weight excluding hydrogens is 218 g/mol. The van der Waals surface area contributed by atoms with Crippen LogP contribution in [-0.2, 0) is 0 Å². The van der Waals surface area contributed by atoms with Gasteiger partial charge in [-0.3, -0.25) is 4.79 Å². The third kappa shape index (κ3) is 3.21. The molecule has 15 heavy (non-hydrogen) atoms. The van der Waals surface area contributed by atoms with Crippen LogP contribution < -0.4 is 11.5 Å². The molecule has 5 nitrogen and oxygen atoms in total. The molecule has 0 aliphatic rings. The smallest absolute Gasteiger partial charge is 0.270 e. The van der Waals surface area contributed by atoms with Crippen molar-refractivity contribution in [2.24, 2.45) is 11.5 Å². The summed E-state index contributed by atoms with van der Waals surface area (Å²) in [7, 11) is 0. The number of oxazole rings is 1. The lowest BCUT2D eigenvalue weighted by Gasteiger charge is -2.14. The Kier molecular flexibility index (Phi) is 5.32. The molecule has 0 unspecified atom stereocenters. The Labute approximate surface area is 94.6 Å². The first-order valence-corrected chi connectivity index (χ1v) is 4.57. The van der Waals surface area contributed by atoms with Gasteiger partial charge in [-0.1, -0.05) is 6.92 Å². The average Bonchev–Trinajstić information content (AvgIpc) is 2.53. The zero-order valence-electron chi connectivity index (χ0n) is 8.77. The standard InChI is InChI=1S/C9H15N3O2.ClH/c1-3-6(5(2)10)9-12-7(4-14-9)8(11)13;/h4-6H,3,10H2,1-2H3,(H2,11,13);1H/t5-,6-;/m1./s1. The zero-order valence-corrected chi connectivity index (χ0v) is 9.58. The number of nitrogens with two attached hydrogens (primary N) is 2. The molecule has 0 bridgehead atoms. The van der Waals surface area contributed by atoms with Gasteiger partial charge in [0.1, 0.15) is 6.26 Å². The number of primary amides is 1. The van der Waals surface area contributed by atoms with Crippen molar-refractivity contribution in [1.29, 1.82) is 0 Å². The summed E-state index contributed by atoms with van der Waals surface area (Å²) in [5, 5.41) is 0. The van der Waals surface area contributed by atoms with Gasteiger partial charge < -0.3 is 15.9 Å². The van der Waals surface area contributed by atoms with Crippen LogP contribution in [0.4, 0.5) is 0 Å². The maximum Gasteiger partial charge on any atom is 0.270 e. The Morgan fingerprint density at radius 3 is 2.60 bits per heavy atom. The number of carbonyl (C=O) groups excluding carboxylic acids is 1. The Balaban J connectivity index is 0.00000196. The quantitative estimate of drug-likeness (QED) is 0.812. The first kappa shape index (κ1) is 13.9. The molecule has 0 radical (unpaired) electrons. The van der Waals surface area contributed by atoms with Crippen molar-refractivity contribution < 1.29 is 9.21 Å². The van der Waals surface area contributed by atoms with Gasteiger partial charge in [0.25, 0.3) is 5.91 Å². The minimum atomic E-state index is -0.584. The fourth-order valence-corrected chi connectivity index (χ4v) is 1.34. The monoisotopic (exact) mass is 233 g/mol. The zero-order chi connectivity index (χ0) is 10.7. The predicted octanol–water partition coefficient (Wildman–Crippen LogP) is 1.04. The van der Waals surface area contributed by atoms with E-state index in [9.17, 15) is 4.79 Å². The first-order valence-electron chi connectivity index (χ1n) is 4.57. The number of hydrogen-bond donors (Lipinski definition) is 2. The second kappa shape index (κ2) is 5.72. The summed E-state index contributed by atoms with van der Waals surface area (Å²) in [6.45, 7) is 3.87. The van der Waals surface area contributed by atoms with Crippen molar-refractivity contribution >= 4 is 18.3 Å². The second-order valence-electron chi connectivity index (χ2n) is 3.31. The average molecular weight is 234 g/mol. The van der Waals surface area contributed by atoms with E-state index in [4.69, 9.17) is 15.9 Å². The van der Waals surface area contributed by atoms with Crippen LogP contribution in [0.15, 0.2) is 10.7 Å². The van der Waals surface area contributed by atoms with Gasteiger partial charge in [-0.15, -0.1) is 12.4 Å². The predicted molar refractivity (Wildman–Crippen MR) is 59.0 cm³/mol. The van der Waals surface area contributed by atoms with Crippen LogP contribution in [0, 0.1) is 0 Å². The summed E-state index contributed by atoms with van der Waals surface area (Å²) in [5.74, 6) is -0.0704. The van der Waals surface area contributed by atoms with E-state index >= 15 is 0 Å². The molecule has 1 aromatic heterocycles. The van der Waals surface area contributed by atoms with E-state index in [-0.39, 0.29) is 30.1 Å². The molecule has 1 amide bonds. The third-order valence-corrected chi connectivity index (χ3v) is 2.17. The summed E-state index contributed by atoms with van der Waals surface area (Å²) >= 11 is 0. The lowest BCUT2D eigenvalue weighted by Crippen LogP contribution is -2.24. The molecule has 0 aromatic carbocycles. The minimum Gasteiger partial charge on any atom is -0.448 e. The summed E-state index contributed by atoms with van der Waals surface area (Å²) in [6.07, 6.45) is 2.08. The van der Waals surface area contributed by atoms with Gasteiger partial charge in [0, 0.05) is 6.04 Å². The molecule has 0 fully saturated rings. The van der Waals surface area contributed by atoms with Gasteiger partial charge in [-0.05, 0) is 13.3 Å². The van der Waals surface area contributed by atoms with Gasteiger partial charge in [-0.25, -0.2) is 4.98 Å². The number of aromatic nitrogens is 1. The number of carbonyl (C=O) groups is 1. The highest BCUT2D eigenvalue weighted by Gasteiger charge is 2.20. The lowest BCUT2D eigenvalue weighted by atomic mass is 9.99. The van der Waals surface area contributed by atoms with E-state index in [1.165, 1.54) is 6.26 Å². The molecule has 6 heteroatoms. The van der Waals surface area contributed by atoms with Crippen molar-refractivity contribution in [1.82, 2.24) is 4.98 Å². The van der Waals surface area contributed by atoms with Crippen LogP contribution in [0.2, 0.25) is 0 Å². The molecule has 1 heterocycles. The molecule has 1 aromatic rings. The van der Waals surface area contributed by atoms with E-state index in [2.05, 4.69) is 4.98 Å². The van der Waals surface area contributed by atoms with Crippen LogP contribution in [0.5, 0.6) is 0 Å². The number of amides is 1. The highest BCUT2D eigenvalue weighted by atomic mass is 35.5. The van der Waals surface area contributed by atoms with Crippen LogP contribution in [0.25, 0.3) is 0 Å². The summed E-state index contributed by atoms with van der Waals surface area (Å²) in [6, 6.07) is -0.0561. The second-order valence-corrected chi connectivity index (χ2v) is 3.31. The normalized spacial score (nSPS) is 14.1. The molecule has 1 rings (SSSR count). The third-order valence-electron chi connectivity index (χ3n) is 2.17. The van der Waals surface area contributed by atoms with Gasteiger partial charge in [0.2, 0.25) is 0 Å². The molecule has 0 saturated heterocycles. The Morgan fingerprint density at radius 1 is 1.67 bits per heavy atom. The Morgan fingerprint density at radius 2 is 2.27 bits per heavy atom. The van der Waals surface area contributed by atoms with Crippen LogP contribution in [0.1, 0.15) is 42.6 Å². The van der Waals surface area contributed by atoms with E-state index < -0.39 is 5.91 Å². The topological polar surface area (TPSA) is 95.1 Å². The summed E-state index contributed by atoms with van der Waals surface area (Å²) < 4.78 is 5.15. The minimum absolute atomic E-state index is 0. The van der Waals surface area contributed by atoms with Gasteiger partial charge in [0.05, 0.1) is 5.92 Å². The SMILES string of the molecule is CC[C@@H](c1nc(C(N)=O)co1)[C@@H](C)N.Cl. The fourth-order valence-electron chi connectivity index (χ4n) is 1.34. The maximum absolute atomic E-state index is 10.8. The Bertz CT molecular complexity index is 325. The van der Waals surface area contributed by atoms with E-state index in [0.29, 0.717) is 5.89 Å². The van der Waals surface area contributed by atoms with Gasteiger partial charge in [0.15, 0.2) is 11.6 Å². The van der Waals surface area contributed by atoms with Crippen LogP contribution in [0.3, 0.4) is 0 Å². The molecular formula is C9H16ClN3O2. The highest BCUT2D eigenvalue weighted by molar-refractivity contribution is 5.90. The van der Waals surface area contributed by atoms with E-state index in [0.717, 1.165) is 6.42 Å². The molecule has 4 N–H and O–H groups in total. The maximum atomic E-state index is 10.8. The number of hydrogen-bond acceptors (Lipinski definition) is 4. The number of nitrogens with zero attached hydrogens (tertiary/aromatic N) is 1. The lowest BCUT2D eigenvalue weighted by molar-refractivity contribution is 0.0995. The van der Waals surface area contributed by atoms with Crippen molar-refractivity contribution in [2.75, 3.05) is 0 Å². The van der Waals surface area contributed by atoms with Gasteiger partial charge >= 0.3 is 0 Å². The highest BCUT2D eigenvalue weighted by Crippen LogP contribution is 2.21. The van der Waals surface area contributed by atoms with Crippen LogP contribution >= 0.6 is 12.4 Å². The molecule has 0 spiro atoms. The van der Waals surface area contributed by atoms with Crippen molar-refractivity contribution in [3.05, 3.63) is 17.8 Å². The van der Waals surface area contributed by atoms with E-state index in [1.54, 1.807) is 0 Å². The first-order chi connectivity index (χ1) is 6.56. The summed E-state index contributed by atoms with van der Waals surface area (Å²) in [4.78, 5) is 14.7. The van der Waals surface area contributed by atoms with Crippen molar-refractivity contribution in [3.8, 4) is 0 Å². The summed E-state index contributed by atoms with van der Waals surface area (Å²) in [5.41, 5.74) is 11.0. The van der Waals surface area contributed by atoms with E-state index in [1.807, 2.05) is 13.8 Å². The number of rotatable bonds is 4. The molecule has 2 atom stereocenters. The fraction of sp³-hybridized carbons (Fsp3) is 0.556. The van der Waals surface area contributed by atoms with Crippen molar-refractivity contribution in [3.63, 3.8) is 0 Å². The van der Waals surface area contributed by atoms with Crippen LogP contribution in [-0.4, -0.2) is 16.9 Å². The Hall–Kier alpha value is -1.07. The van der Waals surface area contributed by atoms with Crippen molar-refractivity contribution in [2.45, 2.75) is 32.2 Å². The molecule has 86 valence electrons. The molecule has 0 aliphatic heterocycles. The van der Waals surface area contributed by atoms with Gasteiger partial charge in [-0.2, -0.15) is 0 Å².